The summed E-state index contributed by atoms with van der Waals surface area (Å²) in [6.07, 6.45) is -8.07. The first-order chi connectivity index (χ1) is 9.23. The fourth-order valence-electron chi connectivity index (χ4n) is 1.52. The van der Waals surface area contributed by atoms with Gasteiger partial charge in [-0.25, -0.2) is 13.6 Å². The average molecular weight is 299 g/mol. The smallest absolute Gasteiger partial charge is 0.419 e. The molecule has 0 aromatic carbocycles. The van der Waals surface area contributed by atoms with E-state index >= 15 is 0 Å². The van der Waals surface area contributed by atoms with E-state index in [0.717, 1.165) is 7.11 Å². The van der Waals surface area contributed by atoms with Gasteiger partial charge in [-0.1, -0.05) is 0 Å². The lowest BCUT2D eigenvalue weighted by atomic mass is 10.0. The van der Waals surface area contributed by atoms with Crippen LogP contribution >= 0.6 is 0 Å². The second-order valence-electron chi connectivity index (χ2n) is 3.48. The number of aromatic nitrogens is 1. The van der Waals surface area contributed by atoms with Crippen molar-refractivity contribution in [1.29, 1.82) is 0 Å². The largest absolute Gasteiger partial charge is 0.494 e. The number of carbonyl (C=O) groups excluding carboxylic acids is 1. The van der Waals surface area contributed by atoms with E-state index in [1.807, 2.05) is 0 Å². The highest BCUT2D eigenvalue weighted by molar-refractivity contribution is 5.94. The Labute approximate surface area is 110 Å². The lowest BCUT2D eigenvalue weighted by Gasteiger charge is -2.17. The zero-order valence-electron chi connectivity index (χ0n) is 10.4. The topological polar surface area (TPSA) is 48.4 Å². The van der Waals surface area contributed by atoms with Crippen molar-refractivity contribution in [2.45, 2.75) is 19.5 Å². The number of carbonyl (C=O) groups is 1. The molecule has 0 aliphatic heterocycles. The third-order valence-electron chi connectivity index (χ3n) is 2.26. The van der Waals surface area contributed by atoms with E-state index in [2.05, 4.69) is 14.5 Å². The molecule has 0 unspecified atom stereocenters. The van der Waals surface area contributed by atoms with Gasteiger partial charge in [0.25, 0.3) is 6.43 Å². The quantitative estimate of drug-likeness (QED) is 0.632. The van der Waals surface area contributed by atoms with Crippen LogP contribution in [0.5, 0.6) is 5.75 Å². The molecule has 0 aliphatic rings. The van der Waals surface area contributed by atoms with Crippen molar-refractivity contribution < 1.29 is 36.2 Å². The molecule has 4 nitrogen and oxygen atoms in total. The Balaban J connectivity index is 3.65. The normalized spacial score (nSPS) is 11.6. The number of nitrogens with zero attached hydrogens (tertiary/aromatic N) is 1. The number of hydrogen-bond donors (Lipinski definition) is 0. The van der Waals surface area contributed by atoms with Crippen LogP contribution in [0.3, 0.4) is 0 Å². The van der Waals surface area contributed by atoms with E-state index in [4.69, 9.17) is 0 Å². The van der Waals surface area contributed by atoms with Gasteiger partial charge < -0.3 is 9.47 Å². The molecule has 0 bridgehead atoms. The second kappa shape index (κ2) is 6.02. The summed E-state index contributed by atoms with van der Waals surface area (Å²) in [4.78, 5) is 14.6. The third-order valence-corrected chi connectivity index (χ3v) is 2.26. The summed E-state index contributed by atoms with van der Waals surface area (Å²) in [5.74, 6) is -1.99. The number of hydrogen-bond acceptors (Lipinski definition) is 4. The number of methoxy groups -OCH3 is 1. The maximum Gasteiger partial charge on any atom is 0.419 e. The van der Waals surface area contributed by atoms with Crippen molar-refractivity contribution in [1.82, 2.24) is 4.98 Å². The number of esters is 1. The minimum absolute atomic E-state index is 0.217. The molecule has 0 amide bonds. The van der Waals surface area contributed by atoms with Crippen molar-refractivity contribution in [2.24, 2.45) is 0 Å². The van der Waals surface area contributed by atoms with Gasteiger partial charge in [-0.3, -0.25) is 4.98 Å². The van der Waals surface area contributed by atoms with Crippen LogP contribution < -0.4 is 4.74 Å². The van der Waals surface area contributed by atoms with Gasteiger partial charge in [-0.2, -0.15) is 13.2 Å². The summed E-state index contributed by atoms with van der Waals surface area (Å²) < 4.78 is 73.2. The summed E-state index contributed by atoms with van der Waals surface area (Å²) in [6, 6.07) is 0. The van der Waals surface area contributed by atoms with Gasteiger partial charge >= 0.3 is 12.1 Å². The molecule has 0 N–H and O–H groups in total. The highest BCUT2D eigenvalue weighted by Crippen LogP contribution is 2.40. The molecule has 1 aromatic rings. The summed E-state index contributed by atoms with van der Waals surface area (Å²) in [5.41, 5.74) is -4.49. The Hall–Kier alpha value is -1.93. The molecule has 0 fully saturated rings. The van der Waals surface area contributed by atoms with Crippen LogP contribution in [0.1, 0.15) is 35.0 Å². The Kier molecular flexibility index (Phi) is 4.85. The molecule has 112 valence electrons. The van der Waals surface area contributed by atoms with Gasteiger partial charge in [-0.05, 0) is 6.92 Å². The first-order valence-corrected chi connectivity index (χ1v) is 5.33. The number of ether oxygens (including phenoxy) is 2. The Morgan fingerprint density at radius 2 is 2.00 bits per heavy atom. The lowest BCUT2D eigenvalue weighted by molar-refractivity contribution is -0.140. The van der Waals surface area contributed by atoms with Crippen LogP contribution in [-0.2, 0) is 10.9 Å². The highest BCUT2D eigenvalue weighted by Gasteiger charge is 2.43. The highest BCUT2D eigenvalue weighted by atomic mass is 19.4. The lowest BCUT2D eigenvalue weighted by Crippen LogP contribution is -2.20. The minimum atomic E-state index is -5.20. The van der Waals surface area contributed by atoms with Crippen molar-refractivity contribution in [3.05, 3.63) is 23.0 Å². The zero-order valence-corrected chi connectivity index (χ0v) is 10.4. The second-order valence-corrected chi connectivity index (χ2v) is 3.48. The van der Waals surface area contributed by atoms with E-state index in [9.17, 15) is 26.7 Å². The van der Waals surface area contributed by atoms with Crippen LogP contribution in [0.2, 0.25) is 0 Å². The predicted molar refractivity (Wildman–Crippen MR) is 56.7 cm³/mol. The van der Waals surface area contributed by atoms with Gasteiger partial charge in [0.1, 0.15) is 16.8 Å². The van der Waals surface area contributed by atoms with Gasteiger partial charge in [0.2, 0.25) is 0 Å². The van der Waals surface area contributed by atoms with Crippen LogP contribution in [0.25, 0.3) is 0 Å². The number of halogens is 5. The number of pyridine rings is 1. The average Bonchev–Trinajstić information content (AvgIpc) is 2.35. The van der Waals surface area contributed by atoms with E-state index in [1.165, 1.54) is 6.92 Å². The molecule has 0 saturated heterocycles. The maximum absolute atomic E-state index is 12.9. The molecular weight excluding hydrogens is 289 g/mol. The van der Waals surface area contributed by atoms with Crippen LogP contribution in [0.4, 0.5) is 22.0 Å². The minimum Gasteiger partial charge on any atom is -0.494 e. The Morgan fingerprint density at radius 3 is 2.40 bits per heavy atom. The molecule has 20 heavy (non-hydrogen) atoms. The molecular formula is C11H10F5NO3. The predicted octanol–water partition coefficient (Wildman–Crippen LogP) is 3.22. The SMILES string of the molecule is CCOC(=O)c1c(OC)cnc(C(F)F)c1C(F)(F)F. The Morgan fingerprint density at radius 1 is 1.40 bits per heavy atom. The van der Waals surface area contributed by atoms with Crippen molar-refractivity contribution in [3.63, 3.8) is 0 Å². The number of alkyl halides is 5. The van der Waals surface area contributed by atoms with Gasteiger partial charge in [0.05, 0.1) is 19.9 Å². The van der Waals surface area contributed by atoms with E-state index in [1.54, 1.807) is 0 Å². The third kappa shape index (κ3) is 3.14. The molecule has 0 aliphatic carbocycles. The summed E-state index contributed by atoms with van der Waals surface area (Å²) >= 11 is 0. The fraction of sp³-hybridized carbons (Fsp3) is 0.455. The molecule has 1 aromatic heterocycles. The van der Waals surface area contributed by atoms with Crippen molar-refractivity contribution in [2.75, 3.05) is 13.7 Å². The van der Waals surface area contributed by atoms with Crippen molar-refractivity contribution >= 4 is 5.97 Å². The summed E-state index contributed by atoms with van der Waals surface area (Å²) in [5, 5.41) is 0. The fourth-order valence-corrected chi connectivity index (χ4v) is 1.52. The van der Waals surface area contributed by atoms with E-state index in [0.29, 0.717) is 6.20 Å². The molecule has 0 spiro atoms. The summed E-state index contributed by atoms with van der Waals surface area (Å²) in [7, 11) is 0.988. The van der Waals surface area contributed by atoms with E-state index < -0.39 is 41.1 Å². The molecule has 0 saturated carbocycles. The maximum atomic E-state index is 12.9. The first kappa shape index (κ1) is 16.1. The molecule has 9 heteroatoms. The van der Waals surface area contributed by atoms with Gasteiger partial charge in [-0.15, -0.1) is 0 Å². The van der Waals surface area contributed by atoms with Crippen LogP contribution in [0.15, 0.2) is 6.20 Å². The molecule has 0 atom stereocenters. The molecule has 1 heterocycles. The monoisotopic (exact) mass is 299 g/mol. The van der Waals surface area contributed by atoms with E-state index in [-0.39, 0.29) is 6.61 Å². The van der Waals surface area contributed by atoms with Gasteiger partial charge in [0, 0.05) is 0 Å². The van der Waals surface area contributed by atoms with Crippen LogP contribution in [-0.4, -0.2) is 24.7 Å². The van der Waals surface area contributed by atoms with Gasteiger partial charge in [0.15, 0.2) is 5.75 Å². The van der Waals surface area contributed by atoms with Crippen molar-refractivity contribution in [3.8, 4) is 5.75 Å². The zero-order chi connectivity index (χ0) is 15.5. The summed E-state index contributed by atoms with van der Waals surface area (Å²) in [6.45, 7) is 1.15. The standard InChI is InChI=1S/C11H10F5NO3/c1-3-20-10(18)6-5(19-2)4-17-8(9(12)13)7(6)11(14,15)16/h4,9H,3H2,1-2H3. The Bertz CT molecular complexity index is 502. The molecule has 1 rings (SSSR count). The molecule has 0 radical (unpaired) electrons. The first-order valence-electron chi connectivity index (χ1n) is 5.33. The van der Waals surface area contributed by atoms with Crippen LogP contribution in [0, 0.1) is 0 Å². The number of rotatable bonds is 4.